The summed E-state index contributed by atoms with van der Waals surface area (Å²) in [5, 5.41) is 3.03. The number of nitrogens with one attached hydrogen (secondary N) is 1. The van der Waals surface area contributed by atoms with Crippen LogP contribution in [0.3, 0.4) is 0 Å². The van der Waals surface area contributed by atoms with Gasteiger partial charge in [0.25, 0.3) is 5.91 Å². The molecule has 0 aliphatic rings. The normalized spacial score (nSPS) is 10.9. The standard InChI is InChI=1S/C19H25Cl2N3O6/c1-11(25)7-10-29-17(27)24(18(28)30-19(2,3)4)9-8-23-13-6-5-12(20)15(21)14(13)16(22)26/h5-6,23H,7-10H2,1-4H3,(H2,22,26). The molecule has 0 fully saturated rings. The average Bonchev–Trinajstić information content (AvgIpc) is 2.59. The van der Waals surface area contributed by atoms with Crippen molar-refractivity contribution < 1.29 is 28.7 Å². The maximum Gasteiger partial charge on any atom is 0.419 e. The van der Waals surface area contributed by atoms with Gasteiger partial charge in [0.2, 0.25) is 0 Å². The minimum atomic E-state index is -0.962. The van der Waals surface area contributed by atoms with E-state index in [4.69, 9.17) is 38.4 Å². The Morgan fingerprint density at radius 2 is 1.77 bits per heavy atom. The number of ketones is 1. The Balaban J connectivity index is 2.91. The van der Waals surface area contributed by atoms with Gasteiger partial charge in [-0.3, -0.25) is 9.59 Å². The number of halogens is 2. The summed E-state index contributed by atoms with van der Waals surface area (Å²) < 4.78 is 10.2. The van der Waals surface area contributed by atoms with Crippen LogP contribution in [0.5, 0.6) is 0 Å². The molecule has 0 spiro atoms. The zero-order valence-corrected chi connectivity index (χ0v) is 18.7. The second-order valence-corrected chi connectivity index (χ2v) is 8.06. The highest BCUT2D eigenvalue weighted by atomic mass is 35.5. The van der Waals surface area contributed by atoms with E-state index in [2.05, 4.69) is 5.32 Å². The van der Waals surface area contributed by atoms with Crippen molar-refractivity contribution in [1.29, 1.82) is 0 Å². The van der Waals surface area contributed by atoms with Crippen molar-refractivity contribution in [3.8, 4) is 0 Å². The molecule has 166 valence electrons. The van der Waals surface area contributed by atoms with E-state index in [1.165, 1.54) is 19.1 Å². The number of anilines is 1. The number of rotatable bonds is 8. The maximum atomic E-state index is 12.4. The van der Waals surface area contributed by atoms with Crippen molar-refractivity contribution in [2.45, 2.75) is 39.7 Å². The number of carbonyl (C=O) groups is 4. The highest BCUT2D eigenvalue weighted by Gasteiger charge is 2.28. The minimum Gasteiger partial charge on any atom is -0.449 e. The smallest absolute Gasteiger partial charge is 0.419 e. The fourth-order valence-corrected chi connectivity index (χ4v) is 2.59. The first-order chi connectivity index (χ1) is 13.8. The van der Waals surface area contributed by atoms with Crippen LogP contribution in [0.4, 0.5) is 15.3 Å². The number of hydrogen-bond donors (Lipinski definition) is 2. The van der Waals surface area contributed by atoms with Crippen molar-refractivity contribution in [2.24, 2.45) is 5.73 Å². The minimum absolute atomic E-state index is 0.0122. The predicted molar refractivity (Wildman–Crippen MR) is 113 cm³/mol. The second kappa shape index (κ2) is 11.0. The van der Waals surface area contributed by atoms with Crippen LogP contribution < -0.4 is 11.1 Å². The zero-order chi connectivity index (χ0) is 23.1. The van der Waals surface area contributed by atoms with Gasteiger partial charge in [0.05, 0.1) is 22.2 Å². The number of nitrogens with zero attached hydrogens (tertiary/aromatic N) is 1. The van der Waals surface area contributed by atoms with E-state index in [0.29, 0.717) is 0 Å². The number of hydrogen-bond acceptors (Lipinski definition) is 7. The Bertz CT molecular complexity index is 823. The van der Waals surface area contributed by atoms with Crippen LogP contribution in [-0.4, -0.2) is 54.1 Å². The Hall–Kier alpha value is -2.52. The van der Waals surface area contributed by atoms with E-state index < -0.39 is 23.7 Å². The van der Waals surface area contributed by atoms with Crippen molar-refractivity contribution in [3.63, 3.8) is 0 Å². The van der Waals surface area contributed by atoms with Crippen LogP contribution in [-0.2, 0) is 14.3 Å². The molecule has 0 bridgehead atoms. The number of nitrogens with two attached hydrogens (primary N) is 1. The molecule has 0 saturated carbocycles. The molecule has 1 rings (SSSR count). The first-order valence-electron chi connectivity index (χ1n) is 9.02. The van der Waals surface area contributed by atoms with Gasteiger partial charge in [-0.1, -0.05) is 23.2 Å². The van der Waals surface area contributed by atoms with Crippen molar-refractivity contribution in [3.05, 3.63) is 27.7 Å². The van der Waals surface area contributed by atoms with Gasteiger partial charge >= 0.3 is 12.2 Å². The largest absolute Gasteiger partial charge is 0.449 e. The summed E-state index contributed by atoms with van der Waals surface area (Å²) in [6.45, 7) is 6.01. The molecule has 3 amide bonds. The molecule has 0 radical (unpaired) electrons. The average molecular weight is 462 g/mol. The molecule has 11 heteroatoms. The molecule has 0 aliphatic heterocycles. The van der Waals surface area contributed by atoms with Gasteiger partial charge < -0.3 is 20.5 Å². The quantitative estimate of drug-likeness (QED) is 0.600. The van der Waals surface area contributed by atoms with Crippen LogP contribution in [0.2, 0.25) is 10.0 Å². The molecule has 0 unspecified atom stereocenters. The summed E-state index contributed by atoms with van der Waals surface area (Å²) in [6.07, 6.45) is -1.85. The molecule has 9 nitrogen and oxygen atoms in total. The van der Waals surface area contributed by atoms with E-state index in [1.807, 2.05) is 0 Å². The molecule has 0 aromatic heterocycles. The van der Waals surface area contributed by atoms with E-state index in [0.717, 1.165) is 4.90 Å². The van der Waals surface area contributed by atoms with Gasteiger partial charge in [0, 0.05) is 18.7 Å². The summed E-state index contributed by atoms with van der Waals surface area (Å²) in [4.78, 5) is 48.2. The topological polar surface area (TPSA) is 128 Å². The van der Waals surface area contributed by atoms with Crippen molar-refractivity contribution in [2.75, 3.05) is 25.0 Å². The zero-order valence-electron chi connectivity index (χ0n) is 17.2. The number of imide groups is 1. The van der Waals surface area contributed by atoms with E-state index in [9.17, 15) is 19.2 Å². The number of ether oxygens (including phenoxy) is 2. The Morgan fingerprint density at radius 1 is 1.13 bits per heavy atom. The number of benzene rings is 1. The van der Waals surface area contributed by atoms with Gasteiger partial charge in [-0.2, -0.15) is 0 Å². The summed E-state index contributed by atoms with van der Waals surface area (Å²) in [7, 11) is 0. The third-order valence-corrected chi connectivity index (χ3v) is 4.31. The summed E-state index contributed by atoms with van der Waals surface area (Å²) in [5.41, 5.74) is 4.78. The number of amides is 3. The van der Waals surface area contributed by atoms with Crippen LogP contribution in [0, 0.1) is 0 Å². The molecule has 0 atom stereocenters. The van der Waals surface area contributed by atoms with Gasteiger partial charge in [0.1, 0.15) is 18.0 Å². The summed E-state index contributed by atoms with van der Waals surface area (Å²) in [5.74, 6) is -0.954. The lowest BCUT2D eigenvalue weighted by Gasteiger charge is -2.26. The molecule has 0 aliphatic carbocycles. The van der Waals surface area contributed by atoms with Crippen molar-refractivity contribution in [1.82, 2.24) is 4.90 Å². The van der Waals surface area contributed by atoms with Crippen LogP contribution >= 0.6 is 23.2 Å². The maximum absolute atomic E-state index is 12.4. The monoisotopic (exact) mass is 461 g/mol. The van der Waals surface area contributed by atoms with Gasteiger partial charge in [0.15, 0.2) is 0 Å². The molecule has 1 aromatic carbocycles. The molecule has 0 heterocycles. The highest BCUT2D eigenvalue weighted by Crippen LogP contribution is 2.31. The first-order valence-corrected chi connectivity index (χ1v) is 9.77. The Morgan fingerprint density at radius 3 is 2.30 bits per heavy atom. The Labute approximate surface area is 184 Å². The number of Topliss-reactive ketones (excluding diaryl/α,β-unsaturated/α-hetero) is 1. The third kappa shape index (κ3) is 8.08. The van der Waals surface area contributed by atoms with Gasteiger partial charge in [-0.25, -0.2) is 14.5 Å². The molecular formula is C19H25Cl2N3O6. The third-order valence-electron chi connectivity index (χ3n) is 3.51. The Kier molecular flexibility index (Phi) is 9.38. The van der Waals surface area contributed by atoms with E-state index in [1.54, 1.807) is 20.8 Å². The molecule has 0 saturated heterocycles. The van der Waals surface area contributed by atoms with Crippen molar-refractivity contribution >= 4 is 52.8 Å². The SMILES string of the molecule is CC(=O)CCOC(=O)N(CCNc1ccc(Cl)c(Cl)c1C(N)=O)C(=O)OC(C)(C)C. The fraction of sp³-hybridized carbons (Fsp3) is 0.474. The van der Waals surface area contributed by atoms with Crippen LogP contribution in [0.25, 0.3) is 0 Å². The molecule has 3 N–H and O–H groups in total. The van der Waals surface area contributed by atoms with E-state index in [-0.39, 0.29) is 53.2 Å². The number of primary amides is 1. The van der Waals surface area contributed by atoms with Gasteiger partial charge in [-0.05, 0) is 39.8 Å². The summed E-state index contributed by atoms with van der Waals surface area (Å²) in [6, 6.07) is 2.97. The fourth-order valence-electron chi connectivity index (χ4n) is 2.18. The number of carbonyl (C=O) groups excluding carboxylic acids is 4. The highest BCUT2D eigenvalue weighted by molar-refractivity contribution is 6.44. The lowest BCUT2D eigenvalue weighted by molar-refractivity contribution is -0.117. The molecular weight excluding hydrogens is 437 g/mol. The van der Waals surface area contributed by atoms with Crippen LogP contribution in [0.15, 0.2) is 12.1 Å². The van der Waals surface area contributed by atoms with Gasteiger partial charge in [-0.15, -0.1) is 0 Å². The predicted octanol–water partition coefficient (Wildman–Crippen LogP) is 3.86. The lowest BCUT2D eigenvalue weighted by atomic mass is 10.1. The van der Waals surface area contributed by atoms with E-state index >= 15 is 0 Å². The lowest BCUT2D eigenvalue weighted by Crippen LogP contribution is -2.43. The first kappa shape index (κ1) is 25.5. The second-order valence-electron chi connectivity index (χ2n) is 7.27. The molecule has 1 aromatic rings. The van der Waals surface area contributed by atoms with Crippen LogP contribution in [0.1, 0.15) is 44.5 Å². The summed E-state index contributed by atoms with van der Waals surface area (Å²) >= 11 is 11.9. The molecule has 30 heavy (non-hydrogen) atoms.